The van der Waals surface area contributed by atoms with Gasteiger partial charge in [-0.1, -0.05) is 0 Å². The van der Waals surface area contributed by atoms with E-state index in [1.54, 1.807) is 30.7 Å². The van der Waals surface area contributed by atoms with E-state index >= 15 is 0 Å². The van der Waals surface area contributed by atoms with Crippen LogP contribution < -0.4 is 16.0 Å². The SMILES string of the molecule is FC(F)(F)c1ccc(Nc2cc(-c3nc(NC4CCNC4)c4ccncc4n3)ccn2)nc1. The van der Waals surface area contributed by atoms with Crippen LogP contribution >= 0.6 is 0 Å². The number of hydrogen-bond donors (Lipinski definition) is 3. The van der Waals surface area contributed by atoms with Crippen LogP contribution in [0.5, 0.6) is 0 Å². The average molecular weight is 452 g/mol. The Labute approximate surface area is 186 Å². The van der Waals surface area contributed by atoms with Crippen LogP contribution in [0, 0.1) is 0 Å². The smallest absolute Gasteiger partial charge is 0.365 e. The topological polar surface area (TPSA) is 101 Å². The Morgan fingerprint density at radius 1 is 0.970 bits per heavy atom. The van der Waals surface area contributed by atoms with Crippen molar-refractivity contribution in [1.29, 1.82) is 0 Å². The highest BCUT2D eigenvalue weighted by atomic mass is 19.4. The van der Waals surface area contributed by atoms with Gasteiger partial charge in [-0.2, -0.15) is 13.2 Å². The highest BCUT2D eigenvalue weighted by Crippen LogP contribution is 2.30. The van der Waals surface area contributed by atoms with Gasteiger partial charge < -0.3 is 16.0 Å². The Bertz CT molecular complexity index is 1270. The van der Waals surface area contributed by atoms with Crippen LogP contribution in [-0.4, -0.2) is 44.1 Å². The molecule has 8 nitrogen and oxygen atoms in total. The molecule has 0 bridgehead atoms. The van der Waals surface area contributed by atoms with E-state index in [1.165, 1.54) is 6.07 Å². The van der Waals surface area contributed by atoms with Crippen LogP contribution in [0.3, 0.4) is 0 Å². The fourth-order valence-electron chi connectivity index (χ4n) is 3.60. The lowest BCUT2D eigenvalue weighted by Gasteiger charge is -2.15. The maximum absolute atomic E-state index is 12.8. The summed E-state index contributed by atoms with van der Waals surface area (Å²) in [6.45, 7) is 1.81. The van der Waals surface area contributed by atoms with E-state index in [9.17, 15) is 13.2 Å². The predicted octanol–water partition coefficient (Wildman–Crippen LogP) is 4.02. The summed E-state index contributed by atoms with van der Waals surface area (Å²) in [6.07, 6.45) is 2.30. The van der Waals surface area contributed by atoms with Gasteiger partial charge in [0.1, 0.15) is 17.5 Å². The largest absolute Gasteiger partial charge is 0.417 e. The lowest BCUT2D eigenvalue weighted by atomic mass is 10.2. The zero-order chi connectivity index (χ0) is 22.8. The molecule has 1 saturated heterocycles. The second kappa shape index (κ2) is 8.58. The molecule has 1 fully saturated rings. The number of nitrogens with one attached hydrogen (secondary N) is 3. The summed E-state index contributed by atoms with van der Waals surface area (Å²) in [5, 5.41) is 10.6. The van der Waals surface area contributed by atoms with Gasteiger partial charge in [-0.25, -0.2) is 19.9 Å². The number of aromatic nitrogens is 5. The third-order valence-electron chi connectivity index (χ3n) is 5.27. The van der Waals surface area contributed by atoms with Gasteiger partial charge in [0.15, 0.2) is 5.82 Å². The van der Waals surface area contributed by atoms with E-state index in [1.807, 2.05) is 6.07 Å². The van der Waals surface area contributed by atoms with Crippen molar-refractivity contribution in [3.8, 4) is 11.4 Å². The van der Waals surface area contributed by atoms with Crippen LogP contribution in [0.1, 0.15) is 12.0 Å². The third-order valence-corrected chi connectivity index (χ3v) is 5.27. The zero-order valence-corrected chi connectivity index (χ0v) is 17.3. The van der Waals surface area contributed by atoms with Crippen molar-refractivity contribution >= 4 is 28.4 Å². The van der Waals surface area contributed by atoms with Crippen LogP contribution in [0.2, 0.25) is 0 Å². The van der Waals surface area contributed by atoms with Gasteiger partial charge in [0, 0.05) is 42.1 Å². The molecule has 168 valence electrons. The minimum Gasteiger partial charge on any atom is -0.365 e. The van der Waals surface area contributed by atoms with Crippen molar-refractivity contribution in [1.82, 2.24) is 30.2 Å². The maximum Gasteiger partial charge on any atom is 0.417 e. The van der Waals surface area contributed by atoms with Crippen molar-refractivity contribution in [2.75, 3.05) is 23.7 Å². The molecule has 1 aliphatic heterocycles. The second-order valence-electron chi connectivity index (χ2n) is 7.61. The molecule has 0 aliphatic carbocycles. The fraction of sp³-hybridized carbons (Fsp3) is 0.227. The number of halogens is 3. The monoisotopic (exact) mass is 452 g/mol. The van der Waals surface area contributed by atoms with Gasteiger partial charge in [0.25, 0.3) is 0 Å². The molecule has 1 atom stereocenters. The van der Waals surface area contributed by atoms with Crippen molar-refractivity contribution in [3.63, 3.8) is 0 Å². The van der Waals surface area contributed by atoms with E-state index in [4.69, 9.17) is 4.98 Å². The first-order valence-electron chi connectivity index (χ1n) is 10.3. The highest BCUT2D eigenvalue weighted by Gasteiger charge is 2.30. The van der Waals surface area contributed by atoms with Gasteiger partial charge in [0.2, 0.25) is 0 Å². The van der Waals surface area contributed by atoms with Crippen LogP contribution in [-0.2, 0) is 6.18 Å². The predicted molar refractivity (Wildman–Crippen MR) is 118 cm³/mol. The summed E-state index contributed by atoms with van der Waals surface area (Å²) in [5.41, 5.74) is 0.579. The highest BCUT2D eigenvalue weighted by molar-refractivity contribution is 5.90. The van der Waals surface area contributed by atoms with Crippen molar-refractivity contribution in [2.24, 2.45) is 0 Å². The molecule has 3 N–H and O–H groups in total. The molecule has 0 saturated carbocycles. The Morgan fingerprint density at radius 3 is 2.64 bits per heavy atom. The molecule has 1 unspecified atom stereocenters. The Balaban J connectivity index is 1.44. The van der Waals surface area contributed by atoms with Crippen LogP contribution in [0.15, 0.2) is 55.1 Å². The molecule has 1 aliphatic rings. The molecule has 0 spiro atoms. The first-order chi connectivity index (χ1) is 16.0. The van der Waals surface area contributed by atoms with Crippen molar-refractivity contribution in [2.45, 2.75) is 18.6 Å². The van der Waals surface area contributed by atoms with E-state index in [2.05, 4.69) is 35.9 Å². The van der Waals surface area contributed by atoms with Gasteiger partial charge in [-0.05, 0) is 43.3 Å². The number of fused-ring (bicyclic) bond motifs is 1. The molecule has 0 aromatic carbocycles. The molecule has 4 aromatic rings. The molecule has 0 radical (unpaired) electrons. The molecule has 5 rings (SSSR count). The van der Waals surface area contributed by atoms with Gasteiger partial charge in [-0.3, -0.25) is 4.98 Å². The molecular weight excluding hydrogens is 433 g/mol. The molecular formula is C22H19F3N8. The number of pyridine rings is 3. The summed E-state index contributed by atoms with van der Waals surface area (Å²) < 4.78 is 38.3. The summed E-state index contributed by atoms with van der Waals surface area (Å²) in [4.78, 5) is 21.6. The van der Waals surface area contributed by atoms with Crippen LogP contribution in [0.25, 0.3) is 22.3 Å². The summed E-state index contributed by atoms with van der Waals surface area (Å²) in [5.74, 6) is 1.85. The zero-order valence-electron chi connectivity index (χ0n) is 17.3. The molecule has 5 heterocycles. The third kappa shape index (κ3) is 4.67. The molecule has 0 amide bonds. The fourth-order valence-corrected chi connectivity index (χ4v) is 3.60. The van der Waals surface area contributed by atoms with E-state index < -0.39 is 11.7 Å². The standard InChI is InChI=1S/C22H19F3N8/c23-22(24,25)14-1-2-18(29-10-14)32-19-9-13(3-8-28-19)20-31-17-12-27-7-5-16(17)21(33-20)30-15-4-6-26-11-15/h1-3,5,7-10,12,15,26H,4,6,11H2,(H,28,29,32)(H,30,31,33). The Morgan fingerprint density at radius 2 is 1.88 bits per heavy atom. The number of anilines is 3. The van der Waals surface area contributed by atoms with Gasteiger partial charge in [-0.15, -0.1) is 0 Å². The van der Waals surface area contributed by atoms with E-state index in [0.717, 1.165) is 43.0 Å². The Hall–Kier alpha value is -3.86. The average Bonchev–Trinajstić information content (AvgIpc) is 3.32. The summed E-state index contributed by atoms with van der Waals surface area (Å²) in [6, 6.07) is 7.85. The Kier molecular flexibility index (Phi) is 5.47. The van der Waals surface area contributed by atoms with E-state index in [0.29, 0.717) is 22.7 Å². The maximum atomic E-state index is 12.8. The molecule has 33 heavy (non-hydrogen) atoms. The molecule has 11 heteroatoms. The molecule has 4 aromatic heterocycles. The van der Waals surface area contributed by atoms with Crippen molar-refractivity contribution in [3.05, 3.63) is 60.7 Å². The van der Waals surface area contributed by atoms with Gasteiger partial charge >= 0.3 is 6.18 Å². The lowest BCUT2D eigenvalue weighted by Crippen LogP contribution is -2.23. The quantitative estimate of drug-likeness (QED) is 0.418. The first-order valence-corrected chi connectivity index (χ1v) is 10.3. The minimum atomic E-state index is -4.44. The van der Waals surface area contributed by atoms with Crippen molar-refractivity contribution < 1.29 is 13.2 Å². The number of hydrogen-bond acceptors (Lipinski definition) is 8. The lowest BCUT2D eigenvalue weighted by molar-refractivity contribution is -0.137. The summed E-state index contributed by atoms with van der Waals surface area (Å²) in [7, 11) is 0. The second-order valence-corrected chi connectivity index (χ2v) is 7.61. The van der Waals surface area contributed by atoms with Gasteiger partial charge in [0.05, 0.1) is 17.3 Å². The number of nitrogens with zero attached hydrogens (tertiary/aromatic N) is 5. The number of alkyl halides is 3. The summed E-state index contributed by atoms with van der Waals surface area (Å²) >= 11 is 0. The minimum absolute atomic E-state index is 0.243. The van der Waals surface area contributed by atoms with E-state index in [-0.39, 0.29) is 11.9 Å². The normalized spacial score (nSPS) is 16.2. The van der Waals surface area contributed by atoms with Crippen LogP contribution in [0.4, 0.5) is 30.6 Å². The number of rotatable bonds is 5. The first kappa shape index (κ1) is 21.0.